The molecule has 0 aliphatic rings. The van der Waals surface area contributed by atoms with E-state index < -0.39 is 5.91 Å². The van der Waals surface area contributed by atoms with Gasteiger partial charge in [-0.05, 0) is 25.5 Å². The fourth-order valence-electron chi connectivity index (χ4n) is 2.48. The summed E-state index contributed by atoms with van der Waals surface area (Å²) < 4.78 is 2.44. The minimum Gasteiger partial charge on any atom is -0.298 e. The number of aryl methyl sites for hydroxylation is 2. The predicted molar refractivity (Wildman–Crippen MR) is 96.4 cm³/mol. The third-order valence-electron chi connectivity index (χ3n) is 3.70. The fraction of sp³-hybridized carbons (Fsp3) is 0.125. The molecule has 8 heteroatoms. The summed E-state index contributed by atoms with van der Waals surface area (Å²) in [5, 5.41) is 5.01. The SMILES string of the molecule is Cc1cccc2sc(NC(=O)c3cnc4scc(C)n4c3=O)nc12. The van der Waals surface area contributed by atoms with Crippen molar-refractivity contribution in [2.45, 2.75) is 13.8 Å². The van der Waals surface area contributed by atoms with Crippen molar-refractivity contribution in [1.29, 1.82) is 0 Å². The maximum atomic E-state index is 12.5. The molecule has 120 valence electrons. The zero-order valence-corrected chi connectivity index (χ0v) is 14.5. The molecule has 0 spiro atoms. The largest absolute Gasteiger partial charge is 0.298 e. The maximum Gasteiger partial charge on any atom is 0.271 e. The highest BCUT2D eigenvalue weighted by atomic mass is 32.1. The van der Waals surface area contributed by atoms with Gasteiger partial charge < -0.3 is 0 Å². The summed E-state index contributed by atoms with van der Waals surface area (Å²) in [4.78, 5) is 34.2. The molecule has 4 aromatic rings. The van der Waals surface area contributed by atoms with Gasteiger partial charge in [-0.3, -0.25) is 19.3 Å². The van der Waals surface area contributed by atoms with Crippen LogP contribution in [0.2, 0.25) is 0 Å². The molecule has 0 aliphatic heterocycles. The minimum atomic E-state index is -0.496. The third-order valence-corrected chi connectivity index (χ3v) is 5.60. The Balaban J connectivity index is 1.73. The lowest BCUT2D eigenvalue weighted by atomic mass is 10.2. The lowest BCUT2D eigenvalue weighted by molar-refractivity contribution is 0.102. The maximum absolute atomic E-state index is 12.5. The lowest BCUT2D eigenvalue weighted by Gasteiger charge is -2.02. The van der Waals surface area contributed by atoms with Crippen LogP contribution in [0, 0.1) is 13.8 Å². The van der Waals surface area contributed by atoms with E-state index in [2.05, 4.69) is 15.3 Å². The highest BCUT2D eigenvalue weighted by Gasteiger charge is 2.17. The van der Waals surface area contributed by atoms with E-state index in [1.165, 1.54) is 33.3 Å². The van der Waals surface area contributed by atoms with E-state index in [4.69, 9.17) is 0 Å². The number of thiazole rings is 2. The molecular formula is C16H12N4O2S2. The number of fused-ring (bicyclic) bond motifs is 2. The van der Waals surface area contributed by atoms with Gasteiger partial charge in [0.15, 0.2) is 10.1 Å². The van der Waals surface area contributed by atoms with Crippen LogP contribution in [0.5, 0.6) is 0 Å². The molecule has 3 aromatic heterocycles. The molecule has 0 aliphatic carbocycles. The molecule has 1 N–H and O–H groups in total. The molecule has 0 radical (unpaired) electrons. The quantitative estimate of drug-likeness (QED) is 0.598. The second-order valence-corrected chi connectivity index (χ2v) is 7.23. The highest BCUT2D eigenvalue weighted by Crippen LogP contribution is 2.28. The van der Waals surface area contributed by atoms with Crippen LogP contribution >= 0.6 is 22.7 Å². The monoisotopic (exact) mass is 356 g/mol. The molecule has 6 nitrogen and oxygen atoms in total. The standard InChI is InChI=1S/C16H12N4O2S2/c1-8-4-3-5-11-12(8)18-15(24-11)19-13(21)10-6-17-16-20(14(10)22)9(2)7-23-16/h3-7H,1-2H3,(H,18,19,21). The molecule has 1 amide bonds. The van der Waals surface area contributed by atoms with Crippen LogP contribution < -0.4 is 10.9 Å². The van der Waals surface area contributed by atoms with Crippen molar-refractivity contribution in [3.63, 3.8) is 0 Å². The lowest BCUT2D eigenvalue weighted by Crippen LogP contribution is -2.26. The first-order chi connectivity index (χ1) is 11.5. The van der Waals surface area contributed by atoms with Crippen LogP contribution in [0.3, 0.4) is 0 Å². The number of carbonyl (C=O) groups is 1. The van der Waals surface area contributed by atoms with Gasteiger partial charge in [-0.1, -0.05) is 23.5 Å². The summed E-state index contributed by atoms with van der Waals surface area (Å²) in [5.41, 5.74) is 2.30. The van der Waals surface area contributed by atoms with Gasteiger partial charge in [0.05, 0.1) is 10.2 Å². The van der Waals surface area contributed by atoms with E-state index in [9.17, 15) is 9.59 Å². The Labute approximate surface area is 144 Å². The van der Waals surface area contributed by atoms with Gasteiger partial charge in [-0.25, -0.2) is 9.97 Å². The summed E-state index contributed by atoms with van der Waals surface area (Å²) in [6.45, 7) is 3.78. The number of rotatable bonds is 2. The number of hydrogen-bond donors (Lipinski definition) is 1. The fourth-order valence-corrected chi connectivity index (χ4v) is 4.25. The zero-order valence-electron chi connectivity index (χ0n) is 12.9. The van der Waals surface area contributed by atoms with Crippen molar-refractivity contribution in [1.82, 2.24) is 14.4 Å². The van der Waals surface area contributed by atoms with Gasteiger partial charge in [-0.2, -0.15) is 0 Å². The molecule has 3 heterocycles. The third kappa shape index (κ3) is 2.31. The van der Waals surface area contributed by atoms with Crippen LogP contribution in [0.4, 0.5) is 5.13 Å². The predicted octanol–water partition coefficient (Wildman–Crippen LogP) is 3.23. The molecule has 0 saturated heterocycles. The van der Waals surface area contributed by atoms with Crippen molar-refractivity contribution in [2.75, 3.05) is 5.32 Å². The molecule has 24 heavy (non-hydrogen) atoms. The molecule has 0 unspecified atom stereocenters. The zero-order chi connectivity index (χ0) is 16.8. The van der Waals surface area contributed by atoms with Gasteiger partial charge >= 0.3 is 0 Å². The van der Waals surface area contributed by atoms with Crippen molar-refractivity contribution in [2.24, 2.45) is 0 Å². The average Bonchev–Trinajstić information content (AvgIpc) is 3.12. The first kappa shape index (κ1) is 15.0. The average molecular weight is 356 g/mol. The number of nitrogens with zero attached hydrogens (tertiary/aromatic N) is 3. The van der Waals surface area contributed by atoms with E-state index in [-0.39, 0.29) is 11.1 Å². The van der Waals surface area contributed by atoms with Crippen molar-refractivity contribution in [3.05, 3.63) is 57.0 Å². The Morgan fingerprint density at radius 3 is 2.92 bits per heavy atom. The smallest absolute Gasteiger partial charge is 0.271 e. The molecule has 1 aromatic carbocycles. The van der Waals surface area contributed by atoms with E-state index in [1.54, 1.807) is 0 Å². The van der Waals surface area contributed by atoms with Crippen LogP contribution in [0.1, 0.15) is 21.6 Å². The normalized spacial score (nSPS) is 11.2. The van der Waals surface area contributed by atoms with Crippen molar-refractivity contribution in [3.8, 4) is 0 Å². The van der Waals surface area contributed by atoms with E-state index in [0.717, 1.165) is 21.5 Å². The van der Waals surface area contributed by atoms with Gasteiger partial charge in [0, 0.05) is 17.3 Å². The summed E-state index contributed by atoms with van der Waals surface area (Å²) in [7, 11) is 0. The second-order valence-electron chi connectivity index (χ2n) is 5.37. The van der Waals surface area contributed by atoms with Crippen molar-refractivity contribution < 1.29 is 4.79 Å². The first-order valence-electron chi connectivity index (χ1n) is 7.18. The number of amides is 1. The van der Waals surface area contributed by atoms with Gasteiger partial charge in [0.25, 0.3) is 11.5 Å². The van der Waals surface area contributed by atoms with Gasteiger partial charge in [0.1, 0.15) is 5.56 Å². The Hall–Kier alpha value is -2.58. The topological polar surface area (TPSA) is 76.4 Å². The number of carbonyl (C=O) groups excluding carboxylic acids is 1. The van der Waals surface area contributed by atoms with E-state index >= 15 is 0 Å². The highest BCUT2D eigenvalue weighted by molar-refractivity contribution is 7.22. The Morgan fingerprint density at radius 2 is 2.12 bits per heavy atom. The first-order valence-corrected chi connectivity index (χ1v) is 8.87. The van der Waals surface area contributed by atoms with Crippen LogP contribution in [0.25, 0.3) is 15.2 Å². The van der Waals surface area contributed by atoms with Crippen LogP contribution in [-0.2, 0) is 0 Å². The minimum absolute atomic E-state index is 0.00461. The van der Waals surface area contributed by atoms with Crippen molar-refractivity contribution >= 4 is 48.9 Å². The number of benzene rings is 1. The van der Waals surface area contributed by atoms with E-state index in [1.807, 2.05) is 37.4 Å². The number of para-hydroxylation sites is 1. The summed E-state index contributed by atoms with van der Waals surface area (Å²) in [6.07, 6.45) is 1.32. The Bertz CT molecular complexity index is 1160. The number of nitrogens with one attached hydrogen (secondary N) is 1. The van der Waals surface area contributed by atoms with Gasteiger partial charge in [-0.15, -0.1) is 11.3 Å². The summed E-state index contributed by atoms with van der Waals surface area (Å²) >= 11 is 2.75. The summed E-state index contributed by atoms with van der Waals surface area (Å²) in [6, 6.07) is 5.87. The molecule has 0 saturated carbocycles. The molecule has 0 bridgehead atoms. The molecule has 4 rings (SSSR count). The Kier molecular flexibility index (Phi) is 3.43. The molecule has 0 fully saturated rings. The number of aromatic nitrogens is 3. The van der Waals surface area contributed by atoms with Gasteiger partial charge in [0.2, 0.25) is 0 Å². The Morgan fingerprint density at radius 1 is 1.29 bits per heavy atom. The molecular weight excluding hydrogens is 344 g/mol. The second kappa shape index (κ2) is 5.50. The van der Waals surface area contributed by atoms with Crippen LogP contribution in [0.15, 0.2) is 34.6 Å². The van der Waals surface area contributed by atoms with Crippen LogP contribution in [-0.4, -0.2) is 20.3 Å². The molecule has 0 atom stereocenters. The van der Waals surface area contributed by atoms with E-state index in [0.29, 0.717) is 10.1 Å². The number of hydrogen-bond acceptors (Lipinski definition) is 6. The summed E-state index contributed by atoms with van der Waals surface area (Å²) in [5.74, 6) is -0.496. The number of anilines is 1.